The van der Waals surface area contributed by atoms with Gasteiger partial charge in [-0.2, -0.15) is 0 Å². The quantitative estimate of drug-likeness (QED) is 0.737. The van der Waals surface area contributed by atoms with Crippen LogP contribution >= 0.6 is 0 Å². The molecule has 0 aromatic heterocycles. The summed E-state index contributed by atoms with van der Waals surface area (Å²) in [5.41, 5.74) is 0.596. The summed E-state index contributed by atoms with van der Waals surface area (Å²) in [7, 11) is 1.55. The normalized spacial score (nSPS) is 11.6. The summed E-state index contributed by atoms with van der Waals surface area (Å²) >= 11 is 0. The molecule has 0 unspecified atom stereocenters. The molecule has 20 heavy (non-hydrogen) atoms. The lowest BCUT2D eigenvalue weighted by Crippen LogP contribution is -2.23. The van der Waals surface area contributed by atoms with Crippen molar-refractivity contribution in [3.63, 3.8) is 0 Å². The first-order valence-corrected chi connectivity index (χ1v) is 6.32. The molecule has 1 atom stereocenters. The Hall–Kier alpha value is -2.08. The molecule has 0 aliphatic heterocycles. The first-order chi connectivity index (χ1) is 9.55. The Bertz CT molecular complexity index is 443. The van der Waals surface area contributed by atoms with Crippen LogP contribution < -0.4 is 10.1 Å². The number of anilines is 1. The third-order valence-electron chi connectivity index (χ3n) is 2.50. The lowest BCUT2D eigenvalue weighted by Gasteiger charge is -2.10. The number of aliphatic hydroxyl groups excluding tert-OH is 1. The molecule has 6 nitrogen and oxygen atoms in total. The van der Waals surface area contributed by atoms with E-state index in [0.29, 0.717) is 11.4 Å². The smallest absolute Gasteiger partial charge is 0.308 e. The van der Waals surface area contributed by atoms with E-state index in [2.05, 4.69) is 5.32 Å². The molecule has 0 saturated heterocycles. The Labute approximate surface area is 117 Å². The van der Waals surface area contributed by atoms with E-state index in [-0.39, 0.29) is 25.4 Å². The number of rotatable bonds is 7. The van der Waals surface area contributed by atoms with Gasteiger partial charge in [-0.3, -0.25) is 9.59 Å². The van der Waals surface area contributed by atoms with Gasteiger partial charge in [-0.25, -0.2) is 0 Å². The highest BCUT2D eigenvalue weighted by atomic mass is 16.5. The second-order valence-electron chi connectivity index (χ2n) is 4.14. The van der Waals surface area contributed by atoms with Gasteiger partial charge < -0.3 is 19.9 Å². The molecule has 1 amide bonds. The summed E-state index contributed by atoms with van der Waals surface area (Å²) in [4.78, 5) is 22.8. The summed E-state index contributed by atoms with van der Waals surface area (Å²) in [5, 5.41) is 12.2. The summed E-state index contributed by atoms with van der Waals surface area (Å²) < 4.78 is 9.69. The van der Waals surface area contributed by atoms with Crippen molar-refractivity contribution in [1.29, 1.82) is 0 Å². The average molecular weight is 281 g/mol. The number of benzene rings is 1. The van der Waals surface area contributed by atoms with Crippen LogP contribution in [-0.2, 0) is 14.3 Å². The molecule has 0 saturated carbocycles. The van der Waals surface area contributed by atoms with Crippen LogP contribution in [0.1, 0.15) is 19.8 Å². The van der Waals surface area contributed by atoms with E-state index in [1.54, 1.807) is 38.3 Å². The van der Waals surface area contributed by atoms with E-state index in [1.165, 1.54) is 0 Å². The monoisotopic (exact) mass is 281 g/mol. The molecule has 0 aliphatic carbocycles. The number of nitrogens with one attached hydrogen (secondary N) is 1. The van der Waals surface area contributed by atoms with Gasteiger partial charge >= 0.3 is 5.97 Å². The first-order valence-electron chi connectivity index (χ1n) is 6.32. The van der Waals surface area contributed by atoms with Crippen molar-refractivity contribution >= 4 is 17.6 Å². The Morgan fingerprint density at radius 3 is 2.45 bits per heavy atom. The second kappa shape index (κ2) is 8.16. The number of hydrogen-bond acceptors (Lipinski definition) is 5. The van der Waals surface area contributed by atoms with Gasteiger partial charge in [0, 0.05) is 5.69 Å². The molecule has 0 heterocycles. The molecule has 110 valence electrons. The molecule has 0 aliphatic rings. The zero-order valence-electron chi connectivity index (χ0n) is 11.6. The SMILES string of the molecule is CCOC(=O)C[C@H](O)CC(=O)Nc1ccc(OC)cc1. The van der Waals surface area contributed by atoms with E-state index in [1.807, 2.05) is 0 Å². The molecule has 2 N–H and O–H groups in total. The topological polar surface area (TPSA) is 84.9 Å². The summed E-state index contributed by atoms with van der Waals surface area (Å²) in [6.07, 6.45) is -1.40. The number of methoxy groups -OCH3 is 1. The number of amides is 1. The van der Waals surface area contributed by atoms with Crippen LogP contribution in [0, 0.1) is 0 Å². The predicted octanol–water partition coefficient (Wildman–Crippen LogP) is 1.34. The van der Waals surface area contributed by atoms with Gasteiger partial charge in [-0.15, -0.1) is 0 Å². The second-order valence-corrected chi connectivity index (χ2v) is 4.14. The first kappa shape index (κ1) is 16.0. The number of aliphatic hydroxyl groups is 1. The maximum atomic E-state index is 11.7. The van der Waals surface area contributed by atoms with Crippen LogP contribution in [0.5, 0.6) is 5.75 Å². The van der Waals surface area contributed by atoms with Crippen molar-refractivity contribution in [2.45, 2.75) is 25.9 Å². The van der Waals surface area contributed by atoms with Gasteiger partial charge in [0.2, 0.25) is 5.91 Å². The molecule has 0 fully saturated rings. The van der Waals surface area contributed by atoms with Crippen molar-refractivity contribution in [2.24, 2.45) is 0 Å². The molecule has 0 spiro atoms. The van der Waals surface area contributed by atoms with E-state index in [4.69, 9.17) is 9.47 Å². The van der Waals surface area contributed by atoms with Crippen LogP contribution in [0.25, 0.3) is 0 Å². The number of carbonyl (C=O) groups excluding carboxylic acids is 2. The van der Waals surface area contributed by atoms with Crippen molar-refractivity contribution in [3.05, 3.63) is 24.3 Å². The maximum Gasteiger partial charge on any atom is 0.308 e. The number of hydrogen-bond donors (Lipinski definition) is 2. The fourth-order valence-corrected chi connectivity index (χ4v) is 1.58. The highest BCUT2D eigenvalue weighted by Crippen LogP contribution is 2.15. The molecule has 6 heteroatoms. The van der Waals surface area contributed by atoms with Crippen molar-refractivity contribution < 1.29 is 24.2 Å². The van der Waals surface area contributed by atoms with Gasteiger partial charge in [-0.05, 0) is 31.2 Å². The summed E-state index contributed by atoms with van der Waals surface area (Å²) in [5.74, 6) is -0.199. The number of esters is 1. The highest BCUT2D eigenvalue weighted by Gasteiger charge is 2.15. The van der Waals surface area contributed by atoms with Gasteiger partial charge in [0.25, 0.3) is 0 Å². The lowest BCUT2D eigenvalue weighted by atomic mass is 10.2. The van der Waals surface area contributed by atoms with Gasteiger partial charge in [0.15, 0.2) is 0 Å². The van der Waals surface area contributed by atoms with Crippen molar-refractivity contribution in [1.82, 2.24) is 0 Å². The molecule has 1 aromatic rings. The van der Waals surface area contributed by atoms with Crippen LogP contribution in [-0.4, -0.2) is 36.8 Å². The third kappa shape index (κ3) is 5.71. The molecule has 0 bridgehead atoms. The summed E-state index contributed by atoms with van der Waals surface area (Å²) in [6, 6.07) is 6.80. The lowest BCUT2D eigenvalue weighted by molar-refractivity contribution is -0.145. The Balaban J connectivity index is 2.40. The van der Waals surface area contributed by atoms with E-state index in [9.17, 15) is 14.7 Å². The van der Waals surface area contributed by atoms with Crippen LogP contribution in [0.3, 0.4) is 0 Å². The zero-order chi connectivity index (χ0) is 15.0. The van der Waals surface area contributed by atoms with Crippen LogP contribution in [0.4, 0.5) is 5.69 Å². The van der Waals surface area contributed by atoms with Gasteiger partial charge in [0.05, 0.1) is 32.7 Å². The fourth-order valence-electron chi connectivity index (χ4n) is 1.58. The largest absolute Gasteiger partial charge is 0.497 e. The minimum absolute atomic E-state index is 0.162. The standard InChI is InChI=1S/C14H19NO5/c1-3-20-14(18)9-11(16)8-13(17)15-10-4-6-12(19-2)7-5-10/h4-7,11,16H,3,8-9H2,1-2H3,(H,15,17)/t11-/m1/s1. The van der Waals surface area contributed by atoms with Crippen LogP contribution in [0.2, 0.25) is 0 Å². The Kier molecular flexibility index (Phi) is 6.52. The molecular formula is C14H19NO5. The van der Waals surface area contributed by atoms with Gasteiger partial charge in [-0.1, -0.05) is 0 Å². The predicted molar refractivity (Wildman–Crippen MR) is 73.5 cm³/mol. The van der Waals surface area contributed by atoms with Gasteiger partial charge in [0.1, 0.15) is 5.75 Å². The van der Waals surface area contributed by atoms with Crippen molar-refractivity contribution in [3.8, 4) is 5.75 Å². The Morgan fingerprint density at radius 1 is 1.25 bits per heavy atom. The minimum atomic E-state index is -1.05. The van der Waals surface area contributed by atoms with Crippen LogP contribution in [0.15, 0.2) is 24.3 Å². The van der Waals surface area contributed by atoms with Crippen molar-refractivity contribution in [2.75, 3.05) is 19.0 Å². The van der Waals surface area contributed by atoms with E-state index < -0.39 is 12.1 Å². The summed E-state index contributed by atoms with van der Waals surface area (Å²) in [6.45, 7) is 1.93. The molecular weight excluding hydrogens is 262 g/mol. The minimum Gasteiger partial charge on any atom is -0.497 e. The fraction of sp³-hybridized carbons (Fsp3) is 0.429. The maximum absolute atomic E-state index is 11.7. The molecule has 1 rings (SSSR count). The number of ether oxygens (including phenoxy) is 2. The Morgan fingerprint density at radius 2 is 1.90 bits per heavy atom. The molecule has 1 aromatic carbocycles. The number of carbonyl (C=O) groups is 2. The highest BCUT2D eigenvalue weighted by molar-refractivity contribution is 5.91. The van der Waals surface area contributed by atoms with E-state index >= 15 is 0 Å². The van der Waals surface area contributed by atoms with E-state index in [0.717, 1.165) is 0 Å². The molecule has 0 radical (unpaired) electrons. The average Bonchev–Trinajstić information content (AvgIpc) is 2.39. The third-order valence-corrected chi connectivity index (χ3v) is 2.50. The zero-order valence-corrected chi connectivity index (χ0v) is 11.6.